The standard InChI is InChI=1S/C18H23NO5S/c1-4-6-15(21)24-10-14(20)19-17-16(18(22)23-5-2)12-8-7-11(3)9-13(12)25-17/h4,6,11H,5,7-10H2,1-3H3,(H,19,20). The molecule has 1 aliphatic rings. The molecule has 0 fully saturated rings. The van der Waals surface area contributed by atoms with Gasteiger partial charge in [0.05, 0.1) is 12.2 Å². The molecule has 7 heteroatoms. The van der Waals surface area contributed by atoms with E-state index in [1.807, 2.05) is 0 Å². The molecule has 0 radical (unpaired) electrons. The van der Waals surface area contributed by atoms with E-state index in [4.69, 9.17) is 9.47 Å². The summed E-state index contributed by atoms with van der Waals surface area (Å²) in [5.41, 5.74) is 1.42. The number of hydrogen-bond donors (Lipinski definition) is 1. The lowest BCUT2D eigenvalue weighted by molar-refractivity contribution is -0.142. The summed E-state index contributed by atoms with van der Waals surface area (Å²) in [5.74, 6) is -0.931. The summed E-state index contributed by atoms with van der Waals surface area (Å²) in [6, 6.07) is 0. The van der Waals surface area contributed by atoms with Gasteiger partial charge >= 0.3 is 11.9 Å². The number of nitrogens with one attached hydrogen (secondary N) is 1. The van der Waals surface area contributed by atoms with E-state index < -0.39 is 24.5 Å². The van der Waals surface area contributed by atoms with Gasteiger partial charge in [-0.05, 0) is 44.6 Å². The van der Waals surface area contributed by atoms with Gasteiger partial charge in [0.25, 0.3) is 5.91 Å². The molecule has 6 nitrogen and oxygen atoms in total. The van der Waals surface area contributed by atoms with Gasteiger partial charge in [-0.3, -0.25) is 4.79 Å². The fourth-order valence-electron chi connectivity index (χ4n) is 2.74. The van der Waals surface area contributed by atoms with Crippen LogP contribution in [0, 0.1) is 5.92 Å². The van der Waals surface area contributed by atoms with Gasteiger partial charge in [-0.2, -0.15) is 0 Å². The van der Waals surface area contributed by atoms with Crippen molar-refractivity contribution in [1.29, 1.82) is 0 Å². The Labute approximate surface area is 151 Å². The maximum atomic E-state index is 12.4. The SMILES string of the molecule is CC=CC(=O)OCC(=O)Nc1sc2c(c1C(=O)OCC)CCC(C)C2. The van der Waals surface area contributed by atoms with Crippen LogP contribution in [0.25, 0.3) is 0 Å². The first-order valence-electron chi connectivity index (χ1n) is 8.37. The first kappa shape index (κ1) is 19.2. The average molecular weight is 365 g/mol. The van der Waals surface area contributed by atoms with Crippen LogP contribution >= 0.6 is 11.3 Å². The van der Waals surface area contributed by atoms with Gasteiger partial charge in [0.2, 0.25) is 0 Å². The van der Waals surface area contributed by atoms with Gasteiger partial charge in [0.15, 0.2) is 6.61 Å². The summed E-state index contributed by atoms with van der Waals surface area (Å²) in [6.07, 6.45) is 5.46. The number of anilines is 1. The second-order valence-electron chi connectivity index (χ2n) is 5.93. The number of carbonyl (C=O) groups is 3. The van der Waals surface area contributed by atoms with Gasteiger partial charge < -0.3 is 14.8 Å². The molecule has 1 atom stereocenters. The minimum Gasteiger partial charge on any atom is -0.462 e. The number of thiophene rings is 1. The molecular formula is C18H23NO5S. The number of hydrogen-bond acceptors (Lipinski definition) is 6. The molecule has 0 aliphatic heterocycles. The van der Waals surface area contributed by atoms with E-state index in [1.165, 1.54) is 23.5 Å². The van der Waals surface area contributed by atoms with E-state index in [0.717, 1.165) is 29.7 Å². The third-order valence-electron chi connectivity index (χ3n) is 3.89. The molecule has 0 saturated heterocycles. The van der Waals surface area contributed by atoms with Crippen molar-refractivity contribution in [2.24, 2.45) is 5.92 Å². The molecule has 1 unspecified atom stereocenters. The third-order valence-corrected chi connectivity index (χ3v) is 5.06. The van der Waals surface area contributed by atoms with Crippen molar-refractivity contribution in [3.05, 3.63) is 28.2 Å². The Morgan fingerprint density at radius 2 is 2.08 bits per heavy atom. The van der Waals surface area contributed by atoms with Gasteiger partial charge in [0.1, 0.15) is 5.00 Å². The van der Waals surface area contributed by atoms with Crippen LogP contribution in [0.1, 0.15) is 48.0 Å². The van der Waals surface area contributed by atoms with Crippen molar-refractivity contribution < 1.29 is 23.9 Å². The molecule has 1 amide bonds. The largest absolute Gasteiger partial charge is 0.462 e. The number of amides is 1. The minimum absolute atomic E-state index is 0.272. The fourth-order valence-corrected chi connectivity index (χ4v) is 4.16. The third kappa shape index (κ3) is 4.92. The Hall–Kier alpha value is -2.15. The topological polar surface area (TPSA) is 81.7 Å². The predicted molar refractivity (Wildman–Crippen MR) is 95.9 cm³/mol. The van der Waals surface area contributed by atoms with Crippen molar-refractivity contribution in [2.75, 3.05) is 18.5 Å². The highest BCUT2D eigenvalue weighted by atomic mass is 32.1. The Kier molecular flexibility index (Phi) is 6.75. The van der Waals surface area contributed by atoms with Crippen LogP contribution in [0.2, 0.25) is 0 Å². The number of fused-ring (bicyclic) bond motifs is 1. The van der Waals surface area contributed by atoms with Gasteiger partial charge in [0, 0.05) is 11.0 Å². The molecule has 0 bridgehead atoms. The quantitative estimate of drug-likeness (QED) is 0.619. The monoisotopic (exact) mass is 365 g/mol. The molecule has 1 N–H and O–H groups in total. The van der Waals surface area contributed by atoms with Gasteiger partial charge in [-0.1, -0.05) is 13.0 Å². The number of rotatable bonds is 6. The lowest BCUT2D eigenvalue weighted by Gasteiger charge is -2.18. The molecule has 136 valence electrons. The summed E-state index contributed by atoms with van der Waals surface area (Å²) in [6.45, 7) is 5.48. The van der Waals surface area contributed by atoms with E-state index in [9.17, 15) is 14.4 Å². The first-order chi connectivity index (χ1) is 12.0. The zero-order valence-electron chi connectivity index (χ0n) is 14.7. The zero-order chi connectivity index (χ0) is 18.4. The molecule has 2 rings (SSSR count). The van der Waals surface area contributed by atoms with Crippen LogP contribution in [0.15, 0.2) is 12.2 Å². The normalized spacial score (nSPS) is 16.4. The van der Waals surface area contributed by atoms with Crippen LogP contribution in [0.4, 0.5) is 5.00 Å². The smallest absolute Gasteiger partial charge is 0.341 e. The van der Waals surface area contributed by atoms with Crippen molar-refractivity contribution in [3.8, 4) is 0 Å². The van der Waals surface area contributed by atoms with Crippen molar-refractivity contribution in [1.82, 2.24) is 0 Å². The molecule has 0 aromatic carbocycles. The number of esters is 2. The van der Waals surface area contributed by atoms with Gasteiger partial charge in [-0.15, -0.1) is 11.3 Å². The molecule has 1 aromatic heterocycles. The second kappa shape index (κ2) is 8.80. The van der Waals surface area contributed by atoms with Gasteiger partial charge in [-0.25, -0.2) is 9.59 Å². The fraction of sp³-hybridized carbons (Fsp3) is 0.500. The Morgan fingerprint density at radius 1 is 1.32 bits per heavy atom. The molecule has 1 heterocycles. The zero-order valence-corrected chi connectivity index (χ0v) is 15.5. The van der Waals surface area contributed by atoms with Crippen LogP contribution in [-0.4, -0.2) is 31.1 Å². The van der Waals surface area contributed by atoms with Crippen LogP contribution in [-0.2, 0) is 31.9 Å². The highest BCUT2D eigenvalue weighted by Gasteiger charge is 2.29. The van der Waals surface area contributed by atoms with E-state index in [2.05, 4.69) is 12.2 Å². The highest BCUT2D eigenvalue weighted by Crippen LogP contribution is 2.40. The van der Waals surface area contributed by atoms with Crippen LogP contribution < -0.4 is 5.32 Å². The molecule has 25 heavy (non-hydrogen) atoms. The predicted octanol–water partition coefficient (Wildman–Crippen LogP) is 3.11. The van der Waals surface area contributed by atoms with E-state index in [1.54, 1.807) is 13.8 Å². The second-order valence-corrected chi connectivity index (χ2v) is 7.04. The Bertz CT molecular complexity index is 692. The average Bonchev–Trinajstić information content (AvgIpc) is 2.90. The van der Waals surface area contributed by atoms with E-state index in [-0.39, 0.29) is 6.61 Å². The maximum absolute atomic E-state index is 12.4. The highest BCUT2D eigenvalue weighted by molar-refractivity contribution is 7.17. The maximum Gasteiger partial charge on any atom is 0.341 e. The van der Waals surface area contributed by atoms with E-state index >= 15 is 0 Å². The Morgan fingerprint density at radius 3 is 2.76 bits per heavy atom. The lowest BCUT2D eigenvalue weighted by Crippen LogP contribution is -2.21. The summed E-state index contributed by atoms with van der Waals surface area (Å²) >= 11 is 1.41. The number of allylic oxidation sites excluding steroid dienone is 1. The summed E-state index contributed by atoms with van der Waals surface area (Å²) < 4.78 is 9.99. The molecule has 0 spiro atoms. The number of ether oxygens (including phenoxy) is 2. The van der Waals surface area contributed by atoms with E-state index in [0.29, 0.717) is 16.5 Å². The summed E-state index contributed by atoms with van der Waals surface area (Å²) in [4.78, 5) is 36.8. The van der Waals surface area contributed by atoms with Crippen LogP contribution in [0.3, 0.4) is 0 Å². The molecule has 0 saturated carbocycles. The Balaban J connectivity index is 2.17. The van der Waals surface area contributed by atoms with Crippen LogP contribution in [0.5, 0.6) is 0 Å². The van der Waals surface area contributed by atoms with Crippen molar-refractivity contribution in [3.63, 3.8) is 0 Å². The minimum atomic E-state index is -0.581. The van der Waals surface area contributed by atoms with Crippen molar-refractivity contribution in [2.45, 2.75) is 40.0 Å². The molecular weight excluding hydrogens is 342 g/mol. The molecule has 1 aromatic rings. The summed E-state index contributed by atoms with van der Waals surface area (Å²) in [5, 5.41) is 3.17. The summed E-state index contributed by atoms with van der Waals surface area (Å²) in [7, 11) is 0. The van der Waals surface area contributed by atoms with Crippen molar-refractivity contribution >= 4 is 34.2 Å². The first-order valence-corrected chi connectivity index (χ1v) is 9.18. The molecule has 1 aliphatic carbocycles. The lowest BCUT2D eigenvalue weighted by atomic mass is 9.88. The number of carbonyl (C=O) groups excluding carboxylic acids is 3.